The highest BCUT2D eigenvalue weighted by molar-refractivity contribution is 5.35. The predicted molar refractivity (Wildman–Crippen MR) is 74.8 cm³/mol. The van der Waals surface area contributed by atoms with Crippen molar-refractivity contribution in [3.63, 3.8) is 0 Å². The number of nitrogens with zero attached hydrogens (tertiary/aromatic N) is 3. The Morgan fingerprint density at radius 1 is 1.00 bits per heavy atom. The van der Waals surface area contributed by atoms with Gasteiger partial charge in [-0.1, -0.05) is 13.3 Å². The molecule has 0 aliphatic heterocycles. The second kappa shape index (κ2) is 9.32. The van der Waals surface area contributed by atoms with Crippen molar-refractivity contribution in [2.24, 2.45) is 0 Å². The lowest BCUT2D eigenvalue weighted by Crippen LogP contribution is -2.14. The number of anilines is 2. The van der Waals surface area contributed by atoms with Crippen LogP contribution < -0.4 is 15.4 Å². The zero-order valence-electron chi connectivity index (χ0n) is 11.9. The summed E-state index contributed by atoms with van der Waals surface area (Å²) in [5, 5.41) is 6.12. The fraction of sp³-hybridized carbons (Fsp3) is 0.750. The SMILES string of the molecule is CCCCOCCNc1nc(NCC)nc(OC)n1. The van der Waals surface area contributed by atoms with Gasteiger partial charge in [0.2, 0.25) is 11.9 Å². The highest BCUT2D eigenvalue weighted by Gasteiger charge is 2.05. The lowest BCUT2D eigenvalue weighted by Gasteiger charge is -2.08. The van der Waals surface area contributed by atoms with Crippen molar-refractivity contribution in [1.82, 2.24) is 15.0 Å². The number of aromatic nitrogens is 3. The maximum atomic E-state index is 5.45. The van der Waals surface area contributed by atoms with Crippen LogP contribution in [-0.4, -0.2) is 48.4 Å². The quantitative estimate of drug-likeness (QED) is 0.623. The third-order valence-electron chi connectivity index (χ3n) is 2.30. The van der Waals surface area contributed by atoms with Gasteiger partial charge in [-0.15, -0.1) is 0 Å². The molecule has 0 saturated heterocycles. The molecule has 1 aromatic rings. The molecule has 1 rings (SSSR count). The maximum Gasteiger partial charge on any atom is 0.322 e. The molecule has 0 bridgehead atoms. The summed E-state index contributed by atoms with van der Waals surface area (Å²) in [4.78, 5) is 12.4. The number of hydrogen-bond donors (Lipinski definition) is 2. The van der Waals surface area contributed by atoms with Gasteiger partial charge in [0.15, 0.2) is 0 Å². The molecule has 0 aliphatic rings. The zero-order chi connectivity index (χ0) is 13.9. The molecule has 2 N–H and O–H groups in total. The van der Waals surface area contributed by atoms with Crippen LogP contribution in [0.4, 0.5) is 11.9 Å². The van der Waals surface area contributed by atoms with Crippen molar-refractivity contribution in [3.05, 3.63) is 0 Å². The van der Waals surface area contributed by atoms with Gasteiger partial charge in [-0.2, -0.15) is 15.0 Å². The molecule has 0 aromatic carbocycles. The van der Waals surface area contributed by atoms with E-state index in [4.69, 9.17) is 9.47 Å². The Morgan fingerprint density at radius 2 is 1.74 bits per heavy atom. The van der Waals surface area contributed by atoms with Crippen molar-refractivity contribution in [3.8, 4) is 6.01 Å². The van der Waals surface area contributed by atoms with Gasteiger partial charge in [0.05, 0.1) is 13.7 Å². The Kier molecular flexibility index (Phi) is 7.57. The highest BCUT2D eigenvalue weighted by Crippen LogP contribution is 2.10. The van der Waals surface area contributed by atoms with E-state index in [-0.39, 0.29) is 0 Å². The number of hydrogen-bond acceptors (Lipinski definition) is 7. The van der Waals surface area contributed by atoms with E-state index in [0.29, 0.717) is 31.1 Å². The summed E-state index contributed by atoms with van der Waals surface area (Å²) in [5.74, 6) is 0.991. The molecule has 108 valence electrons. The van der Waals surface area contributed by atoms with Gasteiger partial charge in [0.1, 0.15) is 0 Å². The van der Waals surface area contributed by atoms with Crippen LogP contribution in [-0.2, 0) is 4.74 Å². The molecule has 7 nitrogen and oxygen atoms in total. The predicted octanol–water partition coefficient (Wildman–Crippen LogP) is 1.54. The normalized spacial score (nSPS) is 10.3. The molecule has 0 saturated carbocycles. The molecule has 0 amide bonds. The van der Waals surface area contributed by atoms with Crippen LogP contribution in [0.5, 0.6) is 6.01 Å². The van der Waals surface area contributed by atoms with Gasteiger partial charge in [-0.05, 0) is 13.3 Å². The van der Waals surface area contributed by atoms with Crippen molar-refractivity contribution < 1.29 is 9.47 Å². The van der Waals surface area contributed by atoms with E-state index in [1.165, 1.54) is 7.11 Å². The van der Waals surface area contributed by atoms with Crippen LogP contribution in [0.25, 0.3) is 0 Å². The third kappa shape index (κ3) is 6.19. The van der Waals surface area contributed by atoms with Gasteiger partial charge >= 0.3 is 6.01 Å². The highest BCUT2D eigenvalue weighted by atomic mass is 16.5. The number of ether oxygens (including phenoxy) is 2. The van der Waals surface area contributed by atoms with Crippen molar-refractivity contribution in [1.29, 1.82) is 0 Å². The van der Waals surface area contributed by atoms with Crippen molar-refractivity contribution in [2.75, 3.05) is 44.0 Å². The number of rotatable bonds is 10. The molecule has 7 heteroatoms. The van der Waals surface area contributed by atoms with Gasteiger partial charge < -0.3 is 20.1 Å². The lowest BCUT2D eigenvalue weighted by molar-refractivity contribution is 0.141. The summed E-state index contributed by atoms with van der Waals surface area (Å²) in [6, 6.07) is 0.292. The first-order valence-corrected chi connectivity index (χ1v) is 6.65. The monoisotopic (exact) mass is 269 g/mol. The molecule has 1 aromatic heterocycles. The molecular formula is C12H23N5O2. The van der Waals surface area contributed by atoms with Gasteiger partial charge in [0.25, 0.3) is 0 Å². The summed E-state index contributed by atoms with van der Waals surface area (Å²) in [5.41, 5.74) is 0. The minimum Gasteiger partial charge on any atom is -0.467 e. The second-order valence-corrected chi connectivity index (χ2v) is 3.89. The molecule has 0 atom stereocenters. The molecule has 0 radical (unpaired) electrons. The second-order valence-electron chi connectivity index (χ2n) is 3.89. The minimum atomic E-state index is 0.292. The van der Waals surface area contributed by atoms with E-state index in [1.807, 2.05) is 6.92 Å². The third-order valence-corrected chi connectivity index (χ3v) is 2.30. The zero-order valence-corrected chi connectivity index (χ0v) is 11.9. The molecule has 19 heavy (non-hydrogen) atoms. The Balaban J connectivity index is 2.41. The molecule has 0 fully saturated rings. The molecule has 0 aliphatic carbocycles. The minimum absolute atomic E-state index is 0.292. The average Bonchev–Trinajstić information content (AvgIpc) is 2.43. The Morgan fingerprint density at radius 3 is 2.37 bits per heavy atom. The van der Waals surface area contributed by atoms with E-state index < -0.39 is 0 Å². The first kappa shape index (κ1) is 15.4. The first-order chi connectivity index (χ1) is 9.30. The van der Waals surface area contributed by atoms with Crippen LogP contribution in [0, 0.1) is 0 Å². The van der Waals surface area contributed by atoms with E-state index in [9.17, 15) is 0 Å². The van der Waals surface area contributed by atoms with Crippen LogP contribution in [0.15, 0.2) is 0 Å². The summed E-state index contributed by atoms with van der Waals surface area (Å²) in [7, 11) is 1.53. The maximum absolute atomic E-state index is 5.45. The Labute approximate surface area is 114 Å². The average molecular weight is 269 g/mol. The van der Waals surface area contributed by atoms with Crippen molar-refractivity contribution >= 4 is 11.9 Å². The topological polar surface area (TPSA) is 81.2 Å². The van der Waals surface area contributed by atoms with E-state index in [2.05, 4.69) is 32.5 Å². The number of methoxy groups -OCH3 is 1. The molecule has 1 heterocycles. The number of unbranched alkanes of at least 4 members (excludes halogenated alkanes) is 1. The fourth-order valence-corrected chi connectivity index (χ4v) is 1.35. The lowest BCUT2D eigenvalue weighted by atomic mass is 10.4. The molecule has 0 unspecified atom stereocenters. The van der Waals surface area contributed by atoms with Gasteiger partial charge in [-0.3, -0.25) is 0 Å². The first-order valence-electron chi connectivity index (χ1n) is 6.65. The summed E-state index contributed by atoms with van der Waals surface area (Å²) >= 11 is 0. The van der Waals surface area contributed by atoms with E-state index >= 15 is 0 Å². The van der Waals surface area contributed by atoms with E-state index in [0.717, 1.165) is 26.0 Å². The van der Waals surface area contributed by atoms with Gasteiger partial charge in [0, 0.05) is 19.7 Å². The fourth-order valence-electron chi connectivity index (χ4n) is 1.35. The smallest absolute Gasteiger partial charge is 0.322 e. The summed E-state index contributed by atoms with van der Waals surface area (Å²) in [6.07, 6.45) is 2.23. The summed E-state index contributed by atoms with van der Waals surface area (Å²) < 4.78 is 10.5. The van der Waals surface area contributed by atoms with Crippen LogP contribution in [0.3, 0.4) is 0 Å². The Bertz CT molecular complexity index is 362. The molecule has 0 spiro atoms. The van der Waals surface area contributed by atoms with Crippen LogP contribution >= 0.6 is 0 Å². The largest absolute Gasteiger partial charge is 0.467 e. The number of nitrogens with one attached hydrogen (secondary N) is 2. The van der Waals surface area contributed by atoms with Crippen molar-refractivity contribution in [2.45, 2.75) is 26.7 Å². The summed E-state index contributed by atoms with van der Waals surface area (Å²) in [6.45, 7) is 6.94. The molecular weight excluding hydrogens is 246 g/mol. The van der Waals surface area contributed by atoms with Gasteiger partial charge in [-0.25, -0.2) is 0 Å². The standard InChI is InChI=1S/C12H23N5O2/c1-4-6-8-19-9-7-14-11-15-10(13-5-2)16-12(17-11)18-3/h4-9H2,1-3H3,(H2,13,14,15,16,17). The van der Waals surface area contributed by atoms with E-state index in [1.54, 1.807) is 0 Å². The van der Waals surface area contributed by atoms with Crippen LogP contribution in [0.2, 0.25) is 0 Å². The van der Waals surface area contributed by atoms with Crippen LogP contribution in [0.1, 0.15) is 26.7 Å². The Hall–Kier alpha value is -1.63.